The van der Waals surface area contributed by atoms with Crippen molar-refractivity contribution < 1.29 is 0 Å². The molecular weight excluding hydrogens is 238 g/mol. The molecule has 1 aromatic heterocycles. The van der Waals surface area contributed by atoms with Crippen molar-refractivity contribution in [1.82, 2.24) is 4.98 Å². The van der Waals surface area contributed by atoms with Crippen LogP contribution in [0.5, 0.6) is 0 Å². The van der Waals surface area contributed by atoms with Crippen LogP contribution in [-0.2, 0) is 0 Å². The van der Waals surface area contributed by atoms with Gasteiger partial charge in [-0.15, -0.1) is 11.3 Å². The van der Waals surface area contributed by atoms with Crippen LogP contribution in [0.25, 0.3) is 0 Å². The van der Waals surface area contributed by atoms with Gasteiger partial charge in [-0.25, -0.2) is 4.98 Å². The van der Waals surface area contributed by atoms with Gasteiger partial charge in [0.1, 0.15) is 0 Å². The molecule has 0 aromatic carbocycles. The summed E-state index contributed by atoms with van der Waals surface area (Å²) in [5, 5.41) is 1.16. The number of aryl methyl sites for hydroxylation is 1. The lowest BCUT2D eigenvalue weighted by atomic mass is 10.2. The maximum absolute atomic E-state index is 5.94. The van der Waals surface area contributed by atoms with Gasteiger partial charge in [-0.05, 0) is 26.0 Å². The quantitative estimate of drug-likeness (QED) is 0.883. The fourth-order valence-corrected chi connectivity index (χ4v) is 3.85. The lowest BCUT2D eigenvalue weighted by molar-refractivity contribution is 0.806. The fraction of sp³-hybridized carbons (Fsp3) is 0.727. The van der Waals surface area contributed by atoms with E-state index in [0.29, 0.717) is 0 Å². The van der Waals surface area contributed by atoms with Gasteiger partial charge < -0.3 is 10.6 Å². The zero-order valence-electron chi connectivity index (χ0n) is 9.90. The maximum Gasteiger partial charge on any atom is 0.185 e. The molecule has 5 heteroatoms. The second-order valence-corrected chi connectivity index (χ2v) is 6.42. The fourth-order valence-electron chi connectivity index (χ4n) is 1.89. The Hall–Kier alpha value is -0.260. The molecule has 90 valence electrons. The zero-order chi connectivity index (χ0) is 11.5. The van der Waals surface area contributed by atoms with Gasteiger partial charge in [0.15, 0.2) is 5.13 Å². The summed E-state index contributed by atoms with van der Waals surface area (Å²) in [6, 6.07) is 0.104. The smallest absolute Gasteiger partial charge is 0.185 e. The molecule has 1 atom stereocenters. The lowest BCUT2D eigenvalue weighted by Gasteiger charge is -2.18. The van der Waals surface area contributed by atoms with Gasteiger partial charge in [0, 0.05) is 29.8 Å². The Bertz CT molecular complexity index is 341. The van der Waals surface area contributed by atoms with Crippen LogP contribution in [0.3, 0.4) is 0 Å². The normalized spacial score (nSPS) is 19.6. The highest BCUT2D eigenvalue weighted by molar-refractivity contribution is 7.99. The van der Waals surface area contributed by atoms with E-state index in [2.05, 4.69) is 16.8 Å². The van der Waals surface area contributed by atoms with Crippen LogP contribution in [0.2, 0.25) is 0 Å². The number of hydrogen-bond donors (Lipinski definition) is 1. The maximum atomic E-state index is 5.94. The van der Waals surface area contributed by atoms with Gasteiger partial charge in [-0.2, -0.15) is 11.8 Å². The number of thiazole rings is 1. The van der Waals surface area contributed by atoms with Gasteiger partial charge >= 0.3 is 0 Å². The van der Waals surface area contributed by atoms with Crippen molar-refractivity contribution in [2.45, 2.75) is 26.3 Å². The van der Waals surface area contributed by atoms with Crippen LogP contribution >= 0.6 is 23.1 Å². The summed E-state index contributed by atoms with van der Waals surface area (Å²) in [5.41, 5.74) is 7.04. The highest BCUT2D eigenvalue weighted by Crippen LogP contribution is 2.30. The minimum absolute atomic E-state index is 0.104. The Morgan fingerprint density at radius 1 is 1.38 bits per heavy atom. The minimum atomic E-state index is 0.104. The number of hydrogen-bond acceptors (Lipinski definition) is 5. The van der Waals surface area contributed by atoms with E-state index in [-0.39, 0.29) is 6.04 Å². The first-order valence-corrected chi connectivity index (χ1v) is 7.71. The number of thioether (sulfide) groups is 1. The molecule has 0 aliphatic carbocycles. The topological polar surface area (TPSA) is 42.2 Å². The molecule has 1 aliphatic rings. The van der Waals surface area contributed by atoms with Gasteiger partial charge in [0.2, 0.25) is 0 Å². The molecule has 0 amide bonds. The highest BCUT2D eigenvalue weighted by Gasteiger charge is 2.17. The standard InChI is InChI=1S/C11H19N3S2/c1-8(12)10-9(2)13-11(16-10)14-4-3-6-15-7-5-14/h8H,3-7,12H2,1-2H3. The van der Waals surface area contributed by atoms with E-state index in [1.165, 1.54) is 22.8 Å². The molecular formula is C11H19N3S2. The molecule has 1 aromatic rings. The Kier molecular flexibility index (Phi) is 4.10. The summed E-state index contributed by atoms with van der Waals surface area (Å²) < 4.78 is 0. The minimum Gasteiger partial charge on any atom is -0.347 e. The molecule has 0 spiro atoms. The first kappa shape index (κ1) is 12.2. The molecule has 0 bridgehead atoms. The molecule has 0 radical (unpaired) electrons. The molecule has 16 heavy (non-hydrogen) atoms. The van der Waals surface area contributed by atoms with Crippen molar-refractivity contribution in [2.24, 2.45) is 5.73 Å². The van der Waals surface area contributed by atoms with Gasteiger partial charge in [-0.3, -0.25) is 0 Å². The molecule has 1 unspecified atom stereocenters. The zero-order valence-corrected chi connectivity index (χ0v) is 11.5. The number of nitrogens with two attached hydrogens (primary N) is 1. The summed E-state index contributed by atoms with van der Waals surface area (Å²) in [6.45, 7) is 6.35. The molecule has 0 saturated carbocycles. The monoisotopic (exact) mass is 257 g/mol. The molecule has 1 aliphatic heterocycles. The molecule has 2 heterocycles. The van der Waals surface area contributed by atoms with Crippen molar-refractivity contribution in [2.75, 3.05) is 29.5 Å². The lowest BCUT2D eigenvalue weighted by Crippen LogP contribution is -2.25. The third-order valence-corrected chi connectivity index (χ3v) is 5.20. The van der Waals surface area contributed by atoms with Crippen LogP contribution in [0.15, 0.2) is 0 Å². The van der Waals surface area contributed by atoms with Crippen molar-refractivity contribution in [3.63, 3.8) is 0 Å². The van der Waals surface area contributed by atoms with E-state index in [1.54, 1.807) is 11.3 Å². The summed E-state index contributed by atoms with van der Waals surface area (Å²) in [7, 11) is 0. The Balaban J connectivity index is 2.16. The van der Waals surface area contributed by atoms with Crippen molar-refractivity contribution in [3.05, 3.63) is 10.6 Å². The molecule has 2 N–H and O–H groups in total. The summed E-state index contributed by atoms with van der Waals surface area (Å²) >= 11 is 3.81. The van der Waals surface area contributed by atoms with Crippen molar-refractivity contribution >= 4 is 28.2 Å². The molecule has 2 rings (SSSR count). The Morgan fingerprint density at radius 2 is 2.19 bits per heavy atom. The highest BCUT2D eigenvalue weighted by atomic mass is 32.2. The molecule has 1 fully saturated rings. The predicted molar refractivity (Wildman–Crippen MR) is 73.6 cm³/mol. The van der Waals surface area contributed by atoms with E-state index in [9.17, 15) is 0 Å². The van der Waals surface area contributed by atoms with Gasteiger partial charge in [0.05, 0.1) is 5.69 Å². The Morgan fingerprint density at radius 3 is 2.88 bits per heavy atom. The average molecular weight is 257 g/mol. The SMILES string of the molecule is Cc1nc(N2CCCSCC2)sc1C(C)N. The van der Waals surface area contributed by atoms with Crippen molar-refractivity contribution in [1.29, 1.82) is 0 Å². The summed E-state index contributed by atoms with van der Waals surface area (Å²) in [6.07, 6.45) is 1.26. The van der Waals surface area contributed by atoms with Crippen LogP contribution < -0.4 is 10.6 Å². The second-order valence-electron chi connectivity index (χ2n) is 4.19. The van der Waals surface area contributed by atoms with E-state index < -0.39 is 0 Å². The summed E-state index contributed by atoms with van der Waals surface area (Å²) in [4.78, 5) is 8.29. The van der Waals surface area contributed by atoms with Crippen LogP contribution in [-0.4, -0.2) is 29.6 Å². The number of rotatable bonds is 2. The third-order valence-electron chi connectivity index (χ3n) is 2.73. The van der Waals surface area contributed by atoms with Crippen molar-refractivity contribution in [3.8, 4) is 0 Å². The molecule has 1 saturated heterocycles. The largest absolute Gasteiger partial charge is 0.347 e. The first-order valence-electron chi connectivity index (χ1n) is 5.74. The van der Waals surface area contributed by atoms with Crippen LogP contribution in [0, 0.1) is 6.92 Å². The van der Waals surface area contributed by atoms with E-state index in [0.717, 1.165) is 23.9 Å². The number of anilines is 1. The van der Waals surface area contributed by atoms with E-state index in [1.807, 2.05) is 18.7 Å². The third kappa shape index (κ3) is 2.70. The van der Waals surface area contributed by atoms with Gasteiger partial charge in [0.25, 0.3) is 0 Å². The number of nitrogens with zero attached hydrogens (tertiary/aromatic N) is 2. The van der Waals surface area contributed by atoms with Crippen LogP contribution in [0.1, 0.15) is 30.0 Å². The molecule has 3 nitrogen and oxygen atoms in total. The number of aromatic nitrogens is 1. The first-order chi connectivity index (χ1) is 7.68. The van der Waals surface area contributed by atoms with E-state index in [4.69, 9.17) is 5.73 Å². The predicted octanol–water partition coefficient (Wildman–Crippen LogP) is 2.41. The van der Waals surface area contributed by atoms with Crippen LogP contribution in [0.4, 0.5) is 5.13 Å². The summed E-state index contributed by atoms with van der Waals surface area (Å²) in [5.74, 6) is 2.49. The second kappa shape index (κ2) is 5.38. The average Bonchev–Trinajstić information content (AvgIpc) is 2.50. The van der Waals surface area contributed by atoms with E-state index >= 15 is 0 Å². The Labute approximate surface area is 105 Å². The van der Waals surface area contributed by atoms with Gasteiger partial charge in [-0.1, -0.05) is 0 Å².